The van der Waals surface area contributed by atoms with Crippen LogP contribution in [0.1, 0.15) is 22.3 Å². The van der Waals surface area contributed by atoms with E-state index in [9.17, 15) is 21.6 Å². The molecule has 2 heterocycles. The standard InChI is InChI=1S/C23H20F3N3O2S/c1-15-9-10-29-13-21(27-22(29)11-15)18-6-3-16(2)20(12-18)28-32(30,31)14-17-4-7-19(8-5-17)23(24,25)26/h3-13,28H,14H2,1-2H3. The lowest BCUT2D eigenvalue weighted by atomic mass is 10.1. The second kappa shape index (κ2) is 7.98. The van der Waals surface area contributed by atoms with Crippen molar-refractivity contribution in [2.45, 2.75) is 25.8 Å². The van der Waals surface area contributed by atoms with Crippen LogP contribution >= 0.6 is 0 Å². The zero-order valence-corrected chi connectivity index (χ0v) is 18.1. The number of alkyl halides is 3. The second-order valence-corrected chi connectivity index (χ2v) is 9.40. The monoisotopic (exact) mass is 459 g/mol. The third kappa shape index (κ3) is 4.77. The summed E-state index contributed by atoms with van der Waals surface area (Å²) in [5.41, 5.74) is 3.84. The molecule has 0 saturated heterocycles. The molecular weight excluding hydrogens is 439 g/mol. The van der Waals surface area contributed by atoms with Gasteiger partial charge >= 0.3 is 6.18 Å². The van der Waals surface area contributed by atoms with Gasteiger partial charge in [0.15, 0.2) is 0 Å². The number of aryl methyl sites for hydroxylation is 2. The molecule has 32 heavy (non-hydrogen) atoms. The topological polar surface area (TPSA) is 63.5 Å². The molecule has 0 amide bonds. The molecule has 4 rings (SSSR count). The molecule has 0 bridgehead atoms. The molecule has 0 unspecified atom stereocenters. The van der Waals surface area contributed by atoms with Gasteiger partial charge in [-0.15, -0.1) is 0 Å². The summed E-state index contributed by atoms with van der Waals surface area (Å²) in [5.74, 6) is -0.442. The van der Waals surface area contributed by atoms with Crippen LogP contribution < -0.4 is 4.72 Å². The van der Waals surface area contributed by atoms with Crippen molar-refractivity contribution in [1.29, 1.82) is 0 Å². The van der Waals surface area contributed by atoms with Gasteiger partial charge in [0.2, 0.25) is 10.0 Å². The molecule has 2 aromatic heterocycles. The molecule has 0 atom stereocenters. The van der Waals surface area contributed by atoms with Gasteiger partial charge in [-0.1, -0.05) is 24.3 Å². The molecule has 2 aromatic carbocycles. The minimum atomic E-state index is -4.47. The van der Waals surface area contributed by atoms with Crippen molar-refractivity contribution < 1.29 is 21.6 Å². The van der Waals surface area contributed by atoms with Gasteiger partial charge in [0, 0.05) is 18.0 Å². The van der Waals surface area contributed by atoms with Gasteiger partial charge in [-0.2, -0.15) is 13.2 Å². The van der Waals surface area contributed by atoms with Gasteiger partial charge in [0.25, 0.3) is 0 Å². The molecule has 9 heteroatoms. The van der Waals surface area contributed by atoms with E-state index in [-0.39, 0.29) is 5.56 Å². The van der Waals surface area contributed by atoms with Crippen LogP contribution in [0.25, 0.3) is 16.9 Å². The summed E-state index contributed by atoms with van der Waals surface area (Å²) in [5, 5.41) is 0. The molecule has 166 valence electrons. The Kier molecular flexibility index (Phi) is 5.46. The maximum atomic E-state index is 12.7. The smallest absolute Gasteiger partial charge is 0.306 e. The maximum Gasteiger partial charge on any atom is 0.416 e. The zero-order valence-electron chi connectivity index (χ0n) is 17.3. The average molecular weight is 459 g/mol. The minimum absolute atomic E-state index is 0.259. The second-order valence-electron chi connectivity index (χ2n) is 7.68. The predicted molar refractivity (Wildman–Crippen MR) is 118 cm³/mol. The largest absolute Gasteiger partial charge is 0.416 e. The van der Waals surface area contributed by atoms with Gasteiger partial charge in [-0.25, -0.2) is 13.4 Å². The van der Waals surface area contributed by atoms with Crippen LogP contribution in [0.4, 0.5) is 18.9 Å². The molecule has 4 aromatic rings. The van der Waals surface area contributed by atoms with E-state index >= 15 is 0 Å². The molecule has 0 aliphatic carbocycles. The summed E-state index contributed by atoms with van der Waals surface area (Å²) >= 11 is 0. The van der Waals surface area contributed by atoms with E-state index in [0.717, 1.165) is 28.9 Å². The molecule has 0 radical (unpaired) electrons. The summed E-state index contributed by atoms with van der Waals surface area (Å²) in [6, 6.07) is 13.4. The van der Waals surface area contributed by atoms with E-state index in [1.54, 1.807) is 19.1 Å². The highest BCUT2D eigenvalue weighted by Crippen LogP contribution is 2.30. The number of nitrogens with one attached hydrogen (secondary N) is 1. The number of hydrogen-bond acceptors (Lipinski definition) is 3. The number of aromatic nitrogens is 2. The Morgan fingerprint density at radius 3 is 2.41 bits per heavy atom. The van der Waals surface area contributed by atoms with Crippen molar-refractivity contribution in [3.8, 4) is 11.3 Å². The van der Waals surface area contributed by atoms with E-state index < -0.39 is 27.5 Å². The number of pyridine rings is 1. The Bertz CT molecular complexity index is 1390. The number of hydrogen-bond donors (Lipinski definition) is 1. The number of benzene rings is 2. The number of rotatable bonds is 5. The van der Waals surface area contributed by atoms with Gasteiger partial charge in [-0.05, 0) is 60.9 Å². The summed E-state index contributed by atoms with van der Waals surface area (Å²) in [6.45, 7) is 3.75. The Hall–Kier alpha value is -3.33. The molecule has 0 aliphatic rings. The van der Waals surface area contributed by atoms with Gasteiger partial charge in [-0.3, -0.25) is 4.72 Å². The van der Waals surface area contributed by atoms with E-state index in [4.69, 9.17) is 0 Å². The lowest BCUT2D eigenvalue weighted by Crippen LogP contribution is -2.16. The fourth-order valence-electron chi connectivity index (χ4n) is 3.33. The van der Waals surface area contributed by atoms with Crippen molar-refractivity contribution >= 4 is 21.4 Å². The normalized spacial score (nSPS) is 12.3. The Morgan fingerprint density at radius 1 is 1.00 bits per heavy atom. The molecular formula is C23H20F3N3O2S. The van der Waals surface area contributed by atoms with Crippen molar-refractivity contribution in [2.75, 3.05) is 4.72 Å². The average Bonchev–Trinajstić information content (AvgIpc) is 3.12. The van der Waals surface area contributed by atoms with Crippen LogP contribution in [0.3, 0.4) is 0 Å². The van der Waals surface area contributed by atoms with Crippen molar-refractivity contribution in [3.05, 3.63) is 89.2 Å². The SMILES string of the molecule is Cc1ccn2cc(-c3ccc(C)c(NS(=O)(=O)Cc4ccc(C(F)(F)F)cc4)c3)nc2c1. The highest BCUT2D eigenvalue weighted by molar-refractivity contribution is 7.91. The third-order valence-corrected chi connectivity index (χ3v) is 6.30. The van der Waals surface area contributed by atoms with Crippen LogP contribution in [-0.4, -0.2) is 17.8 Å². The van der Waals surface area contributed by atoms with E-state index in [1.165, 1.54) is 12.1 Å². The summed E-state index contributed by atoms with van der Waals surface area (Å²) in [7, 11) is -3.84. The predicted octanol–water partition coefficient (Wildman–Crippen LogP) is 5.58. The van der Waals surface area contributed by atoms with Crippen molar-refractivity contribution in [1.82, 2.24) is 9.38 Å². The molecule has 0 spiro atoms. The van der Waals surface area contributed by atoms with Crippen LogP contribution in [0.15, 0.2) is 67.0 Å². The first-order valence-corrected chi connectivity index (χ1v) is 11.4. The lowest BCUT2D eigenvalue weighted by Gasteiger charge is -2.12. The van der Waals surface area contributed by atoms with Crippen LogP contribution in [0.5, 0.6) is 0 Å². The summed E-state index contributed by atoms with van der Waals surface area (Å²) < 4.78 is 67.9. The molecule has 0 fully saturated rings. The van der Waals surface area contributed by atoms with E-state index in [0.29, 0.717) is 16.9 Å². The van der Waals surface area contributed by atoms with Crippen LogP contribution in [0.2, 0.25) is 0 Å². The first-order chi connectivity index (χ1) is 15.0. The van der Waals surface area contributed by atoms with Crippen LogP contribution in [0, 0.1) is 13.8 Å². The lowest BCUT2D eigenvalue weighted by molar-refractivity contribution is -0.137. The molecule has 5 nitrogen and oxygen atoms in total. The fraction of sp³-hybridized carbons (Fsp3) is 0.174. The van der Waals surface area contributed by atoms with Gasteiger partial charge in [0.1, 0.15) is 5.65 Å². The molecule has 1 N–H and O–H groups in total. The number of fused-ring (bicyclic) bond motifs is 1. The summed E-state index contributed by atoms with van der Waals surface area (Å²) in [4.78, 5) is 4.60. The number of imidazole rings is 1. The highest BCUT2D eigenvalue weighted by Gasteiger charge is 2.30. The third-order valence-electron chi connectivity index (χ3n) is 5.05. The number of anilines is 1. The molecule has 0 saturated carbocycles. The van der Waals surface area contributed by atoms with Gasteiger partial charge in [0.05, 0.1) is 22.7 Å². The zero-order chi connectivity index (χ0) is 23.1. The first kappa shape index (κ1) is 21.9. The van der Waals surface area contributed by atoms with E-state index in [1.807, 2.05) is 41.9 Å². The number of nitrogens with zero attached hydrogens (tertiary/aromatic N) is 2. The minimum Gasteiger partial charge on any atom is -0.306 e. The first-order valence-electron chi connectivity index (χ1n) is 9.73. The van der Waals surface area contributed by atoms with Gasteiger partial charge < -0.3 is 4.40 Å². The molecule has 0 aliphatic heterocycles. The Balaban J connectivity index is 1.58. The number of halogens is 3. The van der Waals surface area contributed by atoms with Crippen LogP contribution in [-0.2, 0) is 22.0 Å². The quantitative estimate of drug-likeness (QED) is 0.424. The van der Waals surface area contributed by atoms with Crippen molar-refractivity contribution in [2.24, 2.45) is 0 Å². The highest BCUT2D eigenvalue weighted by atomic mass is 32.2. The Labute approximate surface area is 183 Å². The summed E-state index contributed by atoms with van der Waals surface area (Å²) in [6.07, 6.45) is -0.702. The Morgan fingerprint density at radius 2 is 1.72 bits per heavy atom. The fourth-order valence-corrected chi connectivity index (χ4v) is 4.59. The van der Waals surface area contributed by atoms with Crippen molar-refractivity contribution in [3.63, 3.8) is 0 Å². The number of sulfonamides is 1. The van der Waals surface area contributed by atoms with E-state index in [2.05, 4.69) is 9.71 Å². The maximum absolute atomic E-state index is 12.7.